The average Bonchev–Trinajstić information content (AvgIpc) is 3.19. The maximum Gasteiger partial charge on any atom is 0.406 e. The third kappa shape index (κ3) is 5.58. The fourth-order valence-corrected chi connectivity index (χ4v) is 4.09. The van der Waals surface area contributed by atoms with Crippen LogP contribution in [0.1, 0.15) is 28.2 Å². The van der Waals surface area contributed by atoms with Crippen LogP contribution in [0, 0.1) is 0 Å². The van der Waals surface area contributed by atoms with Gasteiger partial charge in [0.05, 0.1) is 31.1 Å². The smallest absolute Gasteiger partial charge is 0.406 e. The Morgan fingerprint density at radius 3 is 2.67 bits per heavy atom. The molecule has 9 nitrogen and oxygen atoms in total. The van der Waals surface area contributed by atoms with Crippen molar-refractivity contribution in [3.05, 3.63) is 59.4 Å². The quantitative estimate of drug-likeness (QED) is 0.501. The molecule has 1 atom stereocenters. The summed E-state index contributed by atoms with van der Waals surface area (Å²) >= 11 is 0. The molecule has 4 rings (SSSR count). The maximum atomic E-state index is 13.2. The molecule has 12 heteroatoms. The van der Waals surface area contributed by atoms with Gasteiger partial charge in [-0.05, 0) is 35.9 Å². The number of anilines is 1. The number of nitrogens with one attached hydrogen (secondary N) is 2. The van der Waals surface area contributed by atoms with E-state index in [1.807, 2.05) is 24.3 Å². The van der Waals surface area contributed by atoms with E-state index >= 15 is 0 Å². The van der Waals surface area contributed by atoms with Crippen LogP contribution in [0.4, 0.5) is 18.9 Å². The van der Waals surface area contributed by atoms with E-state index in [0.717, 1.165) is 18.1 Å². The molecule has 0 aliphatic carbocycles. The summed E-state index contributed by atoms with van der Waals surface area (Å²) in [5.41, 5.74) is 2.52. The third-order valence-corrected chi connectivity index (χ3v) is 5.79. The topological polar surface area (TPSA) is 108 Å². The monoisotopic (exact) mass is 503 g/mol. The molecule has 1 aliphatic rings. The van der Waals surface area contributed by atoms with Crippen LogP contribution in [0.5, 0.6) is 0 Å². The number of hydrogen-bond donors (Lipinski definition) is 2. The normalized spacial score (nSPS) is 15.8. The first kappa shape index (κ1) is 25.0. The zero-order chi connectivity index (χ0) is 26.0. The lowest BCUT2D eigenvalue weighted by Crippen LogP contribution is -2.45. The van der Waals surface area contributed by atoms with Crippen LogP contribution in [0.2, 0.25) is 0 Å². The molecule has 36 heavy (non-hydrogen) atoms. The molecule has 190 valence electrons. The minimum absolute atomic E-state index is 0.183. The highest BCUT2D eigenvalue weighted by molar-refractivity contribution is 5.96. The molecule has 0 saturated heterocycles. The Labute approximate surface area is 204 Å². The number of rotatable bonds is 6. The number of nitrogens with zero attached hydrogens (tertiary/aromatic N) is 3. The van der Waals surface area contributed by atoms with Crippen LogP contribution < -0.4 is 5.32 Å². The number of imidazole rings is 1. The van der Waals surface area contributed by atoms with Gasteiger partial charge >= 0.3 is 12.1 Å². The van der Waals surface area contributed by atoms with Crippen molar-refractivity contribution in [3.8, 4) is 0 Å². The van der Waals surface area contributed by atoms with Gasteiger partial charge in [-0.2, -0.15) is 13.2 Å². The fraction of sp³-hybridized carbons (Fsp3) is 0.333. The molecular weight excluding hydrogens is 479 g/mol. The third-order valence-electron chi connectivity index (χ3n) is 5.79. The lowest BCUT2D eigenvalue weighted by atomic mass is 10.1. The summed E-state index contributed by atoms with van der Waals surface area (Å²) in [7, 11) is 2.72. The van der Waals surface area contributed by atoms with Gasteiger partial charge in [0, 0.05) is 24.8 Å². The molecule has 2 amide bonds. The van der Waals surface area contributed by atoms with Gasteiger partial charge in [-0.25, -0.2) is 4.98 Å². The first-order valence-electron chi connectivity index (χ1n) is 11.0. The summed E-state index contributed by atoms with van der Waals surface area (Å²) in [5, 5.41) is 2.84. The molecule has 1 unspecified atom stereocenters. The van der Waals surface area contributed by atoms with Gasteiger partial charge in [0.15, 0.2) is 0 Å². The van der Waals surface area contributed by atoms with Crippen LogP contribution in [-0.2, 0) is 27.4 Å². The Morgan fingerprint density at radius 1 is 1.22 bits per heavy atom. The number of para-hydroxylation sites is 2. The van der Waals surface area contributed by atoms with Crippen molar-refractivity contribution < 1.29 is 32.3 Å². The lowest BCUT2D eigenvalue weighted by molar-refractivity contribution is -0.163. The van der Waals surface area contributed by atoms with Gasteiger partial charge in [-0.1, -0.05) is 12.1 Å². The predicted octanol–water partition coefficient (Wildman–Crippen LogP) is 3.08. The number of esters is 1. The van der Waals surface area contributed by atoms with Gasteiger partial charge < -0.3 is 24.8 Å². The van der Waals surface area contributed by atoms with Crippen molar-refractivity contribution in [3.63, 3.8) is 0 Å². The van der Waals surface area contributed by atoms with E-state index in [1.54, 1.807) is 7.05 Å². The summed E-state index contributed by atoms with van der Waals surface area (Å²) in [6.45, 7) is -1.69. The van der Waals surface area contributed by atoms with Gasteiger partial charge in [0.25, 0.3) is 5.91 Å². The van der Waals surface area contributed by atoms with Crippen LogP contribution >= 0.6 is 0 Å². The van der Waals surface area contributed by atoms with Gasteiger partial charge in [0.1, 0.15) is 18.4 Å². The highest BCUT2D eigenvalue weighted by Gasteiger charge is 2.38. The number of methoxy groups -OCH3 is 1. The number of carbonyl (C=O) groups excluding carboxylic acids is 3. The molecule has 0 bridgehead atoms. The standard InChI is InChI=1S/C24H24F3N5O4/c1-31(12-20-29-17-5-3-4-6-18(17)30-20)22(34)14-7-8-16-15(9-14)11-32(13-24(25,26)27)23(35)19(28-16)10-21(33)36-2/h3-9,19,28H,10-13H2,1-2H3,(H,29,30). The second-order valence-electron chi connectivity index (χ2n) is 8.52. The van der Waals surface area contributed by atoms with E-state index in [0.29, 0.717) is 22.0 Å². The number of amides is 2. The molecule has 0 spiro atoms. The number of hydrogen-bond acceptors (Lipinski definition) is 6. The minimum Gasteiger partial charge on any atom is -0.469 e. The van der Waals surface area contributed by atoms with Crippen LogP contribution in [0.15, 0.2) is 42.5 Å². The molecule has 0 saturated carbocycles. The van der Waals surface area contributed by atoms with E-state index < -0.39 is 37.1 Å². The van der Waals surface area contributed by atoms with Crippen molar-refractivity contribution in [2.24, 2.45) is 0 Å². The number of halogens is 3. The summed E-state index contributed by atoms with van der Waals surface area (Å²) in [6, 6.07) is 10.7. The Hall–Kier alpha value is -4.09. The predicted molar refractivity (Wildman–Crippen MR) is 124 cm³/mol. The fourth-order valence-electron chi connectivity index (χ4n) is 4.09. The highest BCUT2D eigenvalue weighted by atomic mass is 19.4. The molecule has 2 heterocycles. The van der Waals surface area contributed by atoms with Gasteiger partial charge in [-0.3, -0.25) is 14.4 Å². The molecule has 2 aromatic carbocycles. The highest BCUT2D eigenvalue weighted by Crippen LogP contribution is 2.28. The molecule has 0 fully saturated rings. The Balaban J connectivity index is 1.58. The van der Waals surface area contributed by atoms with E-state index in [1.165, 1.54) is 23.1 Å². The van der Waals surface area contributed by atoms with Gasteiger partial charge in [-0.15, -0.1) is 0 Å². The van der Waals surface area contributed by atoms with Crippen molar-refractivity contribution in [1.82, 2.24) is 19.8 Å². The number of benzene rings is 2. The minimum atomic E-state index is -4.64. The van der Waals surface area contributed by atoms with Crippen LogP contribution in [-0.4, -0.2) is 70.5 Å². The maximum absolute atomic E-state index is 13.2. The van der Waals surface area contributed by atoms with Crippen molar-refractivity contribution >= 4 is 34.5 Å². The number of H-pyrrole nitrogens is 1. The van der Waals surface area contributed by atoms with Crippen molar-refractivity contribution in [2.45, 2.75) is 31.7 Å². The van der Waals surface area contributed by atoms with E-state index in [9.17, 15) is 27.6 Å². The molecule has 1 aliphatic heterocycles. The number of ether oxygens (including phenoxy) is 1. The Kier molecular flexibility index (Phi) is 6.86. The number of aromatic nitrogens is 2. The Morgan fingerprint density at radius 2 is 1.97 bits per heavy atom. The molecule has 3 aromatic rings. The van der Waals surface area contributed by atoms with Crippen LogP contribution in [0.3, 0.4) is 0 Å². The molecule has 1 aromatic heterocycles. The molecular formula is C24H24F3N5O4. The average molecular weight is 503 g/mol. The second-order valence-corrected chi connectivity index (χ2v) is 8.52. The summed E-state index contributed by atoms with van der Waals surface area (Å²) in [4.78, 5) is 47.3. The van der Waals surface area contributed by atoms with E-state index in [2.05, 4.69) is 20.0 Å². The first-order valence-corrected chi connectivity index (χ1v) is 11.0. The zero-order valence-electron chi connectivity index (χ0n) is 19.6. The number of aromatic amines is 1. The number of carbonyl (C=O) groups is 3. The van der Waals surface area contributed by atoms with Gasteiger partial charge in [0.2, 0.25) is 5.91 Å². The molecule has 2 N–H and O–H groups in total. The van der Waals surface area contributed by atoms with E-state index in [-0.39, 0.29) is 24.6 Å². The zero-order valence-corrected chi connectivity index (χ0v) is 19.6. The summed E-state index contributed by atoms with van der Waals surface area (Å²) in [6.07, 6.45) is -5.08. The SMILES string of the molecule is COC(=O)CC1Nc2ccc(C(=O)N(C)Cc3nc4ccccc4[nH]3)cc2CN(CC(F)(F)F)C1=O. The summed E-state index contributed by atoms with van der Waals surface area (Å²) < 4.78 is 44.2. The lowest BCUT2D eigenvalue weighted by Gasteiger charge is -2.25. The number of alkyl halides is 3. The van der Waals surface area contributed by atoms with Crippen molar-refractivity contribution in [2.75, 3.05) is 26.0 Å². The van der Waals surface area contributed by atoms with Crippen LogP contribution in [0.25, 0.3) is 11.0 Å². The second kappa shape index (κ2) is 9.88. The molecule has 0 radical (unpaired) electrons. The summed E-state index contributed by atoms with van der Waals surface area (Å²) in [5.74, 6) is -1.42. The first-order chi connectivity index (χ1) is 17.0. The van der Waals surface area contributed by atoms with Crippen molar-refractivity contribution in [1.29, 1.82) is 0 Å². The number of fused-ring (bicyclic) bond motifs is 2. The largest absolute Gasteiger partial charge is 0.469 e. The Bertz CT molecular complexity index is 1270. The van der Waals surface area contributed by atoms with E-state index in [4.69, 9.17) is 0 Å².